The molecule has 0 saturated heterocycles. The second-order valence-electron chi connectivity index (χ2n) is 7.73. The molecule has 1 heterocycles. The van der Waals surface area contributed by atoms with Gasteiger partial charge in [0.1, 0.15) is 5.82 Å². The SMILES string of the molecule is CC(=N/C(=C(\C)C(N)=O)C1CC1)c1cncc(F)c1.CCc1cccc2ccccc12. The van der Waals surface area contributed by atoms with Crippen LogP contribution in [-0.4, -0.2) is 16.6 Å². The predicted molar refractivity (Wildman–Crippen MR) is 124 cm³/mol. The van der Waals surface area contributed by atoms with E-state index >= 15 is 0 Å². The Morgan fingerprint density at radius 2 is 1.84 bits per heavy atom. The number of aryl methyl sites for hydroxylation is 1. The molecule has 0 atom stereocenters. The summed E-state index contributed by atoms with van der Waals surface area (Å²) in [5, 5.41) is 2.74. The maximum Gasteiger partial charge on any atom is 0.246 e. The van der Waals surface area contributed by atoms with Crippen molar-refractivity contribution < 1.29 is 9.18 Å². The predicted octanol–water partition coefficient (Wildman–Crippen LogP) is 5.60. The maximum absolute atomic E-state index is 13.1. The van der Waals surface area contributed by atoms with Gasteiger partial charge in [0, 0.05) is 29.0 Å². The van der Waals surface area contributed by atoms with Gasteiger partial charge in [-0.25, -0.2) is 4.39 Å². The van der Waals surface area contributed by atoms with E-state index in [0.717, 1.165) is 25.5 Å². The number of nitrogens with two attached hydrogens (primary N) is 1. The van der Waals surface area contributed by atoms with Crippen molar-refractivity contribution in [3.05, 3.63) is 89.1 Å². The van der Waals surface area contributed by atoms with E-state index in [1.54, 1.807) is 20.0 Å². The monoisotopic (exact) mass is 417 g/mol. The van der Waals surface area contributed by atoms with Crippen LogP contribution in [0.3, 0.4) is 0 Å². The third-order valence-electron chi connectivity index (χ3n) is 5.39. The Hall–Kier alpha value is -3.34. The molecule has 0 aliphatic heterocycles. The number of fused-ring (bicyclic) bond motifs is 1. The van der Waals surface area contributed by atoms with Gasteiger partial charge >= 0.3 is 0 Å². The van der Waals surface area contributed by atoms with Crippen LogP contribution in [0, 0.1) is 11.7 Å². The minimum absolute atomic E-state index is 0.295. The van der Waals surface area contributed by atoms with Crippen LogP contribution >= 0.6 is 0 Å². The molecule has 160 valence electrons. The molecule has 1 aliphatic carbocycles. The number of benzene rings is 2. The van der Waals surface area contributed by atoms with Crippen molar-refractivity contribution in [3.63, 3.8) is 0 Å². The lowest BCUT2D eigenvalue weighted by atomic mass is 10.0. The molecule has 4 nitrogen and oxygen atoms in total. The summed E-state index contributed by atoms with van der Waals surface area (Å²) in [7, 11) is 0. The second-order valence-corrected chi connectivity index (χ2v) is 7.73. The van der Waals surface area contributed by atoms with Gasteiger partial charge in [0.25, 0.3) is 0 Å². The summed E-state index contributed by atoms with van der Waals surface area (Å²) in [4.78, 5) is 19.5. The number of aromatic nitrogens is 1. The number of carbonyl (C=O) groups is 1. The topological polar surface area (TPSA) is 68.3 Å². The van der Waals surface area contributed by atoms with Crippen LogP contribution in [0.2, 0.25) is 0 Å². The van der Waals surface area contributed by atoms with Crippen molar-refractivity contribution >= 4 is 22.4 Å². The van der Waals surface area contributed by atoms with Crippen LogP contribution in [0.5, 0.6) is 0 Å². The molecule has 2 N–H and O–H groups in total. The molecule has 1 aliphatic rings. The van der Waals surface area contributed by atoms with Crippen molar-refractivity contribution in [1.82, 2.24) is 4.98 Å². The lowest BCUT2D eigenvalue weighted by Gasteiger charge is -2.06. The first-order chi connectivity index (χ1) is 14.9. The molecule has 1 fully saturated rings. The fourth-order valence-corrected chi connectivity index (χ4v) is 3.42. The summed E-state index contributed by atoms with van der Waals surface area (Å²) in [6.07, 6.45) is 5.83. The van der Waals surface area contributed by atoms with E-state index in [1.807, 2.05) is 0 Å². The average Bonchev–Trinajstić information content (AvgIpc) is 3.62. The number of halogens is 1. The number of amides is 1. The second kappa shape index (κ2) is 10.1. The number of hydrogen-bond acceptors (Lipinski definition) is 3. The molecule has 31 heavy (non-hydrogen) atoms. The highest BCUT2D eigenvalue weighted by Gasteiger charge is 2.29. The molecule has 2 aromatic carbocycles. The number of aliphatic imine (C=N–C) groups is 1. The highest BCUT2D eigenvalue weighted by atomic mass is 19.1. The lowest BCUT2D eigenvalue weighted by molar-refractivity contribution is -0.114. The first-order valence-electron chi connectivity index (χ1n) is 10.5. The van der Waals surface area contributed by atoms with Gasteiger partial charge in [0.15, 0.2) is 0 Å². The molecule has 3 aromatic rings. The van der Waals surface area contributed by atoms with Gasteiger partial charge in [0.2, 0.25) is 5.91 Å². The fourth-order valence-electron chi connectivity index (χ4n) is 3.42. The smallest absolute Gasteiger partial charge is 0.246 e. The summed E-state index contributed by atoms with van der Waals surface area (Å²) in [6.45, 7) is 5.64. The van der Waals surface area contributed by atoms with Crippen LogP contribution < -0.4 is 5.73 Å². The Bertz CT molecular complexity index is 1140. The van der Waals surface area contributed by atoms with Gasteiger partial charge in [-0.15, -0.1) is 0 Å². The minimum atomic E-state index is -0.462. The van der Waals surface area contributed by atoms with Crippen molar-refractivity contribution in [2.45, 2.75) is 40.0 Å². The number of nitrogens with zero attached hydrogens (tertiary/aromatic N) is 2. The molecule has 1 saturated carbocycles. The van der Waals surface area contributed by atoms with Crippen molar-refractivity contribution in [2.75, 3.05) is 0 Å². The van der Waals surface area contributed by atoms with E-state index in [4.69, 9.17) is 5.73 Å². The highest BCUT2D eigenvalue weighted by molar-refractivity contribution is 6.00. The molecular formula is C26H28FN3O. The quantitative estimate of drug-likeness (QED) is 0.434. The Kier molecular flexibility index (Phi) is 7.29. The van der Waals surface area contributed by atoms with Gasteiger partial charge in [-0.05, 0) is 55.5 Å². The third kappa shape index (κ3) is 5.85. The van der Waals surface area contributed by atoms with Gasteiger partial charge in [-0.3, -0.25) is 14.8 Å². The molecule has 0 bridgehead atoms. The number of primary amides is 1. The molecule has 0 spiro atoms. The van der Waals surface area contributed by atoms with Gasteiger partial charge < -0.3 is 5.73 Å². The Morgan fingerprint density at radius 1 is 1.13 bits per heavy atom. The number of pyridine rings is 1. The van der Waals surface area contributed by atoms with E-state index in [0.29, 0.717) is 28.5 Å². The number of carbonyl (C=O) groups excluding carboxylic acids is 1. The van der Waals surface area contributed by atoms with Crippen LogP contribution in [0.15, 0.2) is 77.2 Å². The third-order valence-corrected chi connectivity index (χ3v) is 5.39. The van der Waals surface area contributed by atoms with Crippen molar-refractivity contribution in [2.24, 2.45) is 16.6 Å². The van der Waals surface area contributed by atoms with E-state index in [9.17, 15) is 9.18 Å². The Morgan fingerprint density at radius 3 is 2.48 bits per heavy atom. The molecular weight excluding hydrogens is 389 g/mol. The summed E-state index contributed by atoms with van der Waals surface area (Å²) in [5.41, 5.74) is 9.18. The van der Waals surface area contributed by atoms with E-state index in [-0.39, 0.29) is 0 Å². The van der Waals surface area contributed by atoms with Crippen molar-refractivity contribution in [3.8, 4) is 0 Å². The fraction of sp³-hybridized carbons (Fsp3) is 0.269. The van der Waals surface area contributed by atoms with Gasteiger partial charge in [-0.1, -0.05) is 49.4 Å². The number of rotatable bonds is 5. The van der Waals surface area contributed by atoms with Crippen LogP contribution in [0.1, 0.15) is 44.7 Å². The Labute approximate surface area is 182 Å². The van der Waals surface area contributed by atoms with Crippen LogP contribution in [0.25, 0.3) is 10.8 Å². The van der Waals surface area contributed by atoms with Crippen LogP contribution in [-0.2, 0) is 11.2 Å². The first kappa shape index (κ1) is 22.3. The summed E-state index contributed by atoms with van der Waals surface area (Å²) in [5.74, 6) is -0.574. The van der Waals surface area contributed by atoms with E-state index in [2.05, 4.69) is 59.4 Å². The van der Waals surface area contributed by atoms with Crippen LogP contribution in [0.4, 0.5) is 4.39 Å². The number of hydrogen-bond donors (Lipinski definition) is 1. The summed E-state index contributed by atoms with van der Waals surface area (Å²) >= 11 is 0. The molecule has 0 radical (unpaired) electrons. The largest absolute Gasteiger partial charge is 0.366 e. The maximum atomic E-state index is 13.1. The standard InChI is InChI=1S/C14H16FN3O.C12H12/c1-8(14(16)19)13(10-3-4-10)18-9(2)11-5-12(15)7-17-6-11;1-2-10-7-5-8-11-6-3-4-9-12(10)11/h5-7,10H,3-4H2,1-2H3,(H2,16,19);3-9H,2H2,1H3/b13-8+,18-9?;. The zero-order chi connectivity index (χ0) is 22.4. The molecule has 1 amide bonds. The summed E-state index contributed by atoms with van der Waals surface area (Å²) in [6, 6.07) is 16.4. The zero-order valence-corrected chi connectivity index (χ0v) is 18.2. The Balaban J connectivity index is 0.000000194. The van der Waals surface area contributed by atoms with Crippen molar-refractivity contribution in [1.29, 1.82) is 0 Å². The van der Waals surface area contributed by atoms with Gasteiger partial charge in [0.05, 0.1) is 11.9 Å². The first-order valence-corrected chi connectivity index (χ1v) is 10.5. The minimum Gasteiger partial charge on any atom is -0.366 e. The average molecular weight is 418 g/mol. The summed E-state index contributed by atoms with van der Waals surface area (Å²) < 4.78 is 13.1. The molecule has 5 heteroatoms. The molecule has 4 rings (SSSR count). The van der Waals surface area contributed by atoms with E-state index < -0.39 is 11.7 Å². The molecule has 0 unspecified atom stereocenters. The normalized spacial score (nSPS) is 14.5. The van der Waals surface area contributed by atoms with Gasteiger partial charge in [-0.2, -0.15) is 0 Å². The van der Waals surface area contributed by atoms with E-state index in [1.165, 1.54) is 22.4 Å². The zero-order valence-electron chi connectivity index (χ0n) is 18.2. The molecule has 1 aromatic heterocycles. The lowest BCUT2D eigenvalue weighted by Crippen LogP contribution is -2.14. The highest BCUT2D eigenvalue weighted by Crippen LogP contribution is 2.39. The number of allylic oxidation sites excluding steroid dienone is 1.